The summed E-state index contributed by atoms with van der Waals surface area (Å²) < 4.78 is 0. The summed E-state index contributed by atoms with van der Waals surface area (Å²) in [5, 5.41) is 3.05. The Hall–Kier alpha value is -1.55. The van der Waals surface area contributed by atoms with E-state index in [4.69, 9.17) is 5.73 Å². The van der Waals surface area contributed by atoms with Crippen molar-refractivity contribution in [1.29, 1.82) is 0 Å². The minimum absolute atomic E-state index is 0.120. The van der Waals surface area contributed by atoms with E-state index < -0.39 is 0 Å². The zero-order chi connectivity index (χ0) is 14.6. The molecule has 0 heterocycles. The van der Waals surface area contributed by atoms with Crippen LogP contribution in [-0.2, 0) is 11.3 Å². The zero-order valence-electron chi connectivity index (χ0n) is 12.5. The van der Waals surface area contributed by atoms with Gasteiger partial charge in [0.05, 0.1) is 5.41 Å². The number of amides is 1. The molecule has 0 aliphatic heterocycles. The van der Waals surface area contributed by atoms with Gasteiger partial charge in [-0.1, -0.05) is 25.0 Å². The monoisotopic (exact) mass is 275 g/mol. The van der Waals surface area contributed by atoms with Gasteiger partial charge in [0, 0.05) is 32.9 Å². The van der Waals surface area contributed by atoms with Gasteiger partial charge in [0.25, 0.3) is 0 Å². The molecule has 0 spiro atoms. The molecule has 1 saturated carbocycles. The summed E-state index contributed by atoms with van der Waals surface area (Å²) in [6.45, 7) is 1.03. The van der Waals surface area contributed by atoms with E-state index in [1.165, 1.54) is 0 Å². The van der Waals surface area contributed by atoms with Crippen LogP contribution in [0.3, 0.4) is 0 Å². The van der Waals surface area contributed by atoms with Gasteiger partial charge in [0.15, 0.2) is 0 Å². The third kappa shape index (κ3) is 3.12. The number of nitrogens with one attached hydrogen (secondary N) is 1. The van der Waals surface area contributed by atoms with Crippen molar-refractivity contribution in [3.05, 3.63) is 29.8 Å². The highest BCUT2D eigenvalue weighted by molar-refractivity contribution is 5.83. The number of hydrogen-bond donors (Lipinski definition) is 2. The van der Waals surface area contributed by atoms with Gasteiger partial charge >= 0.3 is 0 Å². The Labute approximate surface area is 121 Å². The summed E-state index contributed by atoms with van der Waals surface area (Å²) in [4.78, 5) is 14.4. The first-order valence-electron chi connectivity index (χ1n) is 7.32. The Morgan fingerprint density at radius 2 is 1.85 bits per heavy atom. The summed E-state index contributed by atoms with van der Waals surface area (Å²) >= 11 is 0. The van der Waals surface area contributed by atoms with Crippen LogP contribution in [-0.4, -0.2) is 26.5 Å². The summed E-state index contributed by atoms with van der Waals surface area (Å²) in [6, 6.07) is 8.24. The minimum atomic E-state index is -0.316. The number of rotatable bonds is 5. The van der Waals surface area contributed by atoms with E-state index >= 15 is 0 Å². The molecule has 4 nitrogen and oxygen atoms in total. The van der Waals surface area contributed by atoms with Crippen molar-refractivity contribution in [2.45, 2.75) is 32.2 Å². The van der Waals surface area contributed by atoms with Crippen LogP contribution < -0.4 is 16.0 Å². The maximum Gasteiger partial charge on any atom is 0.227 e. The summed E-state index contributed by atoms with van der Waals surface area (Å²) in [5.41, 5.74) is 7.79. The first-order valence-corrected chi connectivity index (χ1v) is 7.32. The largest absolute Gasteiger partial charge is 0.378 e. The molecule has 0 radical (unpaired) electrons. The molecule has 0 atom stereocenters. The first-order chi connectivity index (χ1) is 9.57. The van der Waals surface area contributed by atoms with E-state index in [0.717, 1.165) is 36.9 Å². The van der Waals surface area contributed by atoms with Crippen molar-refractivity contribution in [3.8, 4) is 0 Å². The second-order valence-corrected chi connectivity index (χ2v) is 5.94. The predicted molar refractivity (Wildman–Crippen MR) is 82.6 cm³/mol. The van der Waals surface area contributed by atoms with Crippen LogP contribution >= 0.6 is 0 Å². The first kappa shape index (κ1) is 14.9. The Morgan fingerprint density at radius 1 is 1.25 bits per heavy atom. The van der Waals surface area contributed by atoms with Crippen LogP contribution in [0.1, 0.15) is 31.2 Å². The molecule has 1 aromatic rings. The molecule has 20 heavy (non-hydrogen) atoms. The fraction of sp³-hybridized carbons (Fsp3) is 0.562. The summed E-state index contributed by atoms with van der Waals surface area (Å²) in [7, 11) is 4.03. The number of benzene rings is 1. The Balaban J connectivity index is 1.93. The van der Waals surface area contributed by atoms with Crippen LogP contribution in [0.2, 0.25) is 0 Å². The van der Waals surface area contributed by atoms with Crippen molar-refractivity contribution in [1.82, 2.24) is 5.32 Å². The Bertz CT molecular complexity index is 447. The van der Waals surface area contributed by atoms with Gasteiger partial charge < -0.3 is 16.0 Å². The fourth-order valence-corrected chi connectivity index (χ4v) is 2.86. The smallest absolute Gasteiger partial charge is 0.227 e. The molecular formula is C16H25N3O. The molecule has 3 N–H and O–H groups in total. The number of nitrogens with zero attached hydrogens (tertiary/aromatic N) is 1. The summed E-state index contributed by atoms with van der Waals surface area (Å²) in [5.74, 6) is 0.120. The molecule has 1 aliphatic carbocycles. The van der Waals surface area contributed by atoms with Crippen LogP contribution in [0.4, 0.5) is 5.69 Å². The molecule has 4 heteroatoms. The fourth-order valence-electron chi connectivity index (χ4n) is 2.86. The summed E-state index contributed by atoms with van der Waals surface area (Å²) in [6.07, 6.45) is 4.08. The molecule has 1 fully saturated rings. The molecule has 0 bridgehead atoms. The van der Waals surface area contributed by atoms with Gasteiger partial charge in [0.2, 0.25) is 5.91 Å². The van der Waals surface area contributed by atoms with Crippen molar-refractivity contribution in [3.63, 3.8) is 0 Å². The highest BCUT2D eigenvalue weighted by Crippen LogP contribution is 2.37. The molecule has 2 rings (SSSR count). The van der Waals surface area contributed by atoms with E-state index in [-0.39, 0.29) is 11.3 Å². The SMILES string of the molecule is CN(C)c1ccc(CNC(=O)C2(CN)CCCC2)cc1. The molecular weight excluding hydrogens is 250 g/mol. The Morgan fingerprint density at radius 3 is 2.35 bits per heavy atom. The zero-order valence-corrected chi connectivity index (χ0v) is 12.5. The minimum Gasteiger partial charge on any atom is -0.378 e. The topological polar surface area (TPSA) is 58.4 Å². The van der Waals surface area contributed by atoms with Gasteiger partial charge in [-0.15, -0.1) is 0 Å². The van der Waals surface area contributed by atoms with Gasteiger partial charge in [0.1, 0.15) is 0 Å². The van der Waals surface area contributed by atoms with Gasteiger partial charge in [-0.3, -0.25) is 4.79 Å². The lowest BCUT2D eigenvalue weighted by Gasteiger charge is -2.25. The van der Waals surface area contributed by atoms with E-state index in [1.54, 1.807) is 0 Å². The molecule has 1 aliphatic rings. The normalized spacial score (nSPS) is 16.9. The average molecular weight is 275 g/mol. The van der Waals surface area contributed by atoms with Crippen molar-refractivity contribution in [2.75, 3.05) is 25.5 Å². The second-order valence-electron chi connectivity index (χ2n) is 5.94. The van der Waals surface area contributed by atoms with Crippen LogP contribution in [0, 0.1) is 5.41 Å². The lowest BCUT2D eigenvalue weighted by molar-refractivity contribution is -0.130. The Kier molecular flexibility index (Phi) is 4.65. The molecule has 110 valence electrons. The third-order valence-corrected chi connectivity index (χ3v) is 4.34. The lowest BCUT2D eigenvalue weighted by atomic mass is 9.85. The highest BCUT2D eigenvalue weighted by atomic mass is 16.2. The quantitative estimate of drug-likeness (QED) is 0.862. The van der Waals surface area contributed by atoms with E-state index in [1.807, 2.05) is 14.1 Å². The van der Waals surface area contributed by atoms with E-state index in [9.17, 15) is 4.79 Å². The van der Waals surface area contributed by atoms with Crippen molar-refractivity contribution in [2.24, 2.45) is 11.1 Å². The highest BCUT2D eigenvalue weighted by Gasteiger charge is 2.39. The molecule has 0 saturated heterocycles. The maximum atomic E-state index is 12.3. The van der Waals surface area contributed by atoms with E-state index in [2.05, 4.69) is 34.5 Å². The van der Waals surface area contributed by atoms with Crippen LogP contribution in [0.25, 0.3) is 0 Å². The average Bonchev–Trinajstić information content (AvgIpc) is 2.95. The number of carbonyl (C=O) groups excluding carboxylic acids is 1. The number of nitrogens with two attached hydrogens (primary N) is 1. The molecule has 0 aromatic heterocycles. The number of anilines is 1. The van der Waals surface area contributed by atoms with Gasteiger partial charge in [-0.05, 0) is 30.5 Å². The van der Waals surface area contributed by atoms with Crippen molar-refractivity contribution >= 4 is 11.6 Å². The van der Waals surface area contributed by atoms with Gasteiger partial charge in [-0.25, -0.2) is 0 Å². The molecule has 1 amide bonds. The van der Waals surface area contributed by atoms with Crippen LogP contribution in [0.5, 0.6) is 0 Å². The lowest BCUT2D eigenvalue weighted by Crippen LogP contribution is -2.43. The molecule has 1 aromatic carbocycles. The van der Waals surface area contributed by atoms with Crippen LogP contribution in [0.15, 0.2) is 24.3 Å². The van der Waals surface area contributed by atoms with Gasteiger partial charge in [-0.2, -0.15) is 0 Å². The number of carbonyl (C=O) groups is 1. The van der Waals surface area contributed by atoms with Crippen molar-refractivity contribution < 1.29 is 4.79 Å². The predicted octanol–water partition coefficient (Wildman–Crippen LogP) is 1.89. The standard InChI is InChI=1S/C16H25N3O/c1-19(2)14-7-5-13(6-8-14)11-18-15(20)16(12-17)9-3-4-10-16/h5-8H,3-4,9-12,17H2,1-2H3,(H,18,20). The van der Waals surface area contributed by atoms with E-state index in [0.29, 0.717) is 13.1 Å². The third-order valence-electron chi connectivity index (χ3n) is 4.34. The second kappa shape index (κ2) is 6.27. The number of hydrogen-bond acceptors (Lipinski definition) is 3. The maximum absolute atomic E-state index is 12.3. The molecule has 0 unspecified atom stereocenters.